The van der Waals surface area contributed by atoms with E-state index < -0.39 is 0 Å². The molecule has 1 nitrogen and oxygen atoms in total. The van der Waals surface area contributed by atoms with Crippen molar-refractivity contribution in [2.24, 2.45) is 0 Å². The lowest BCUT2D eigenvalue weighted by Gasteiger charge is -2.11. The van der Waals surface area contributed by atoms with Crippen molar-refractivity contribution in [3.05, 3.63) is 29.3 Å². The van der Waals surface area contributed by atoms with Crippen molar-refractivity contribution in [3.63, 3.8) is 0 Å². The Morgan fingerprint density at radius 2 is 2.25 bits per heavy atom. The molecule has 0 aliphatic rings. The van der Waals surface area contributed by atoms with E-state index in [0.29, 0.717) is 9.20 Å². The number of benzene rings is 1. The maximum Gasteiger partial charge on any atom is 0.150 e. The first-order valence-corrected chi connectivity index (χ1v) is 6.55. The molecule has 61 valence electrons. The largest absolute Gasteiger partial charge is 0.414 e. The van der Waals surface area contributed by atoms with Gasteiger partial charge in [-0.05, 0) is 24.5 Å². The molecule has 0 aliphatic carbocycles. The first-order valence-electron chi connectivity index (χ1n) is 4.05. The highest BCUT2D eigenvalue weighted by Crippen LogP contribution is 2.19. The van der Waals surface area contributed by atoms with Gasteiger partial charge in [0.15, 0.2) is 9.20 Å². The van der Waals surface area contributed by atoms with E-state index >= 15 is 0 Å². The minimum atomic E-state index is 0.587. The molecule has 0 aliphatic heterocycles. The third kappa shape index (κ3) is 1.98. The van der Waals surface area contributed by atoms with Crippen molar-refractivity contribution in [1.82, 2.24) is 0 Å². The van der Waals surface area contributed by atoms with Crippen LogP contribution in [0.1, 0.15) is 18.1 Å². The average Bonchev–Trinajstić information content (AvgIpc) is 2.09. The van der Waals surface area contributed by atoms with Crippen LogP contribution in [0.5, 0.6) is 0 Å². The van der Waals surface area contributed by atoms with Crippen LogP contribution in [-0.2, 0) is 6.42 Å². The molecule has 1 aromatic carbocycles. The van der Waals surface area contributed by atoms with Crippen molar-refractivity contribution in [3.8, 4) is 0 Å². The maximum absolute atomic E-state index is 3.45. The van der Waals surface area contributed by atoms with Gasteiger partial charge >= 0.3 is 0 Å². The summed E-state index contributed by atoms with van der Waals surface area (Å²) in [5, 5.41) is 0. The Morgan fingerprint density at radius 3 is 2.83 bits per heavy atom. The molecule has 0 spiro atoms. The molecule has 0 saturated heterocycles. The number of hydrogen-bond acceptors (Lipinski definition) is 1. The van der Waals surface area contributed by atoms with Crippen LogP contribution in [-0.4, -0.2) is 19.0 Å². The van der Waals surface area contributed by atoms with Gasteiger partial charge in [-0.1, -0.05) is 25.1 Å². The second-order valence-electron chi connectivity index (χ2n) is 2.71. The van der Waals surface area contributed by atoms with E-state index in [2.05, 4.69) is 46.8 Å². The first-order chi connectivity index (χ1) is 5.79. The molecule has 0 unspecified atom stereocenters. The van der Waals surface area contributed by atoms with E-state index in [-0.39, 0.29) is 0 Å². The summed E-state index contributed by atoms with van der Waals surface area (Å²) in [6, 6.07) is 6.41. The van der Waals surface area contributed by atoms with Gasteiger partial charge in [0.2, 0.25) is 0 Å². The second kappa shape index (κ2) is 4.47. The fourth-order valence-corrected chi connectivity index (χ4v) is 2.12. The predicted molar refractivity (Wildman–Crippen MR) is 55.7 cm³/mol. The van der Waals surface area contributed by atoms with Crippen LogP contribution < -0.4 is 4.98 Å². The lowest BCUT2D eigenvalue weighted by Crippen LogP contribution is -2.08. The number of aryl methyl sites for hydroxylation is 2. The van der Waals surface area contributed by atoms with Crippen LogP contribution in [0.2, 0.25) is 0 Å². The number of para-hydroxylation sites is 1. The molecule has 0 bridgehead atoms. The highest BCUT2D eigenvalue weighted by Gasteiger charge is 2.01. The van der Waals surface area contributed by atoms with Gasteiger partial charge in [-0.25, -0.2) is 0 Å². The Morgan fingerprint density at radius 1 is 1.50 bits per heavy atom. The summed E-state index contributed by atoms with van der Waals surface area (Å²) in [5.74, 6) is 0. The summed E-state index contributed by atoms with van der Waals surface area (Å²) in [5.41, 5.74) is 3.99. The van der Waals surface area contributed by atoms with Crippen molar-refractivity contribution < 1.29 is 0 Å². The Labute approximate surface area is 79.7 Å². The molecule has 0 heterocycles. The summed E-state index contributed by atoms with van der Waals surface area (Å²) in [6.45, 7) is 4.31. The Bertz CT molecular complexity index is 261. The molecule has 0 fully saturated rings. The van der Waals surface area contributed by atoms with E-state index in [4.69, 9.17) is 0 Å². The van der Waals surface area contributed by atoms with Gasteiger partial charge in [-0.2, -0.15) is 0 Å². The van der Waals surface area contributed by atoms with Gasteiger partial charge in [0.05, 0.1) is 0 Å². The zero-order valence-corrected chi connectivity index (χ0v) is 9.44. The van der Waals surface area contributed by atoms with Crippen LogP contribution in [0.15, 0.2) is 18.2 Å². The first kappa shape index (κ1) is 9.54. The fourth-order valence-electron chi connectivity index (χ4n) is 1.26. The van der Waals surface area contributed by atoms with Gasteiger partial charge < -0.3 is 4.98 Å². The summed E-state index contributed by atoms with van der Waals surface area (Å²) >= 11 is 0. The highest BCUT2D eigenvalue weighted by molar-refractivity contribution is 6.91. The number of hydrogen-bond donors (Lipinski definition) is 1. The maximum atomic E-state index is 3.45. The second-order valence-corrected chi connectivity index (χ2v) is 3.96. The van der Waals surface area contributed by atoms with E-state index in [1.807, 2.05) is 0 Å². The fraction of sp³-hybridized carbons (Fsp3) is 0.333. The minimum Gasteiger partial charge on any atom is -0.414 e. The number of nitrogens with one attached hydrogen (secondary N) is 1. The molecule has 0 aromatic heterocycles. The normalized spacial score (nSPS) is 9.92. The molecule has 5 radical (unpaired) electrons. The predicted octanol–water partition coefficient (Wildman–Crippen LogP) is 1.67. The molecule has 0 saturated carbocycles. The molecule has 0 atom stereocenters. The summed E-state index contributed by atoms with van der Waals surface area (Å²) in [7, 11) is 4.03. The topological polar surface area (TPSA) is 12.0 Å². The van der Waals surface area contributed by atoms with E-state index in [0.717, 1.165) is 6.42 Å². The molecule has 1 aromatic rings. The molecule has 1 rings (SSSR count). The summed E-state index contributed by atoms with van der Waals surface area (Å²) < 4.78 is 0. The van der Waals surface area contributed by atoms with Crippen LogP contribution in [0, 0.1) is 6.92 Å². The van der Waals surface area contributed by atoms with Crippen LogP contribution >= 0.6 is 0 Å². The van der Waals surface area contributed by atoms with Gasteiger partial charge in [0.1, 0.15) is 0 Å². The Hall–Kier alpha value is -0.546. The van der Waals surface area contributed by atoms with Crippen LogP contribution in [0.4, 0.5) is 5.69 Å². The molecule has 3 heteroatoms. The van der Waals surface area contributed by atoms with Crippen molar-refractivity contribution in [2.75, 3.05) is 4.98 Å². The van der Waals surface area contributed by atoms with Gasteiger partial charge in [0, 0.05) is 15.4 Å². The van der Waals surface area contributed by atoms with Gasteiger partial charge in [0.25, 0.3) is 0 Å². The van der Waals surface area contributed by atoms with Gasteiger partial charge in [-0.3, -0.25) is 0 Å². The van der Waals surface area contributed by atoms with E-state index in [9.17, 15) is 0 Å². The van der Waals surface area contributed by atoms with Gasteiger partial charge in [-0.15, -0.1) is 0 Å². The quantitative estimate of drug-likeness (QED) is 0.715. The smallest absolute Gasteiger partial charge is 0.150 e. The third-order valence-corrected chi connectivity index (χ3v) is 2.68. The Kier molecular flexibility index (Phi) is 3.56. The average molecular weight is 190 g/mol. The zero-order chi connectivity index (χ0) is 8.97. The van der Waals surface area contributed by atoms with E-state index in [1.165, 1.54) is 16.8 Å². The van der Waals surface area contributed by atoms with Crippen LogP contribution in [0.3, 0.4) is 0 Å². The monoisotopic (exact) mass is 190 g/mol. The van der Waals surface area contributed by atoms with Crippen molar-refractivity contribution in [1.29, 1.82) is 0 Å². The zero-order valence-electron chi connectivity index (χ0n) is 7.44. The lowest BCUT2D eigenvalue weighted by molar-refractivity contribution is 1.14. The van der Waals surface area contributed by atoms with Crippen molar-refractivity contribution >= 4 is 24.6 Å². The molecular formula is C9H12NSi2. The Balaban J connectivity index is 3.02. The SMILES string of the molecule is CCc1cccc(C)c1N[Si][Si]. The summed E-state index contributed by atoms with van der Waals surface area (Å²) in [6.07, 6.45) is 1.08. The minimum absolute atomic E-state index is 0.587. The van der Waals surface area contributed by atoms with E-state index in [1.54, 1.807) is 0 Å². The third-order valence-electron chi connectivity index (χ3n) is 1.93. The van der Waals surface area contributed by atoms with Crippen LogP contribution in [0.25, 0.3) is 0 Å². The molecular weight excluding hydrogens is 178 g/mol. The van der Waals surface area contributed by atoms with Crippen molar-refractivity contribution in [2.45, 2.75) is 20.3 Å². The standard InChI is InChI=1S/C9H12NSi2/c1-3-8-6-4-5-7(2)9(8)10-12-11/h4-6,10H,3H2,1-2H3. The molecule has 0 amide bonds. The number of rotatable bonds is 3. The molecule has 12 heavy (non-hydrogen) atoms. The highest BCUT2D eigenvalue weighted by atomic mass is 29.1. The molecule has 1 N–H and O–H groups in total. The summed E-state index contributed by atoms with van der Waals surface area (Å²) in [4.78, 5) is 3.34. The lowest BCUT2D eigenvalue weighted by atomic mass is 10.1. The number of anilines is 1.